The van der Waals surface area contributed by atoms with Crippen LogP contribution in [0.2, 0.25) is 0 Å². The average molecular weight is 328 g/mol. The van der Waals surface area contributed by atoms with Crippen LogP contribution in [0.5, 0.6) is 0 Å². The van der Waals surface area contributed by atoms with E-state index in [1.54, 1.807) is 7.05 Å². The van der Waals surface area contributed by atoms with E-state index in [0.717, 1.165) is 25.7 Å². The van der Waals surface area contributed by atoms with Gasteiger partial charge in [0, 0.05) is 12.8 Å². The third-order valence-corrected chi connectivity index (χ3v) is 4.16. The standard InChI is InChI=1S/C19H37NO3/c1-4-6-8-10-12-14-18(21)17(20-3)16-23-19(22)15-13-11-9-7-5-2/h17,20H,4-16H2,1-3H3. The maximum Gasteiger partial charge on any atom is 0.305 e. The minimum Gasteiger partial charge on any atom is -0.464 e. The zero-order chi connectivity index (χ0) is 17.3. The van der Waals surface area contributed by atoms with Crippen LogP contribution in [-0.2, 0) is 14.3 Å². The lowest BCUT2D eigenvalue weighted by atomic mass is 10.0. The van der Waals surface area contributed by atoms with E-state index < -0.39 is 0 Å². The van der Waals surface area contributed by atoms with Crippen molar-refractivity contribution in [2.75, 3.05) is 13.7 Å². The Balaban J connectivity index is 3.77. The van der Waals surface area contributed by atoms with Crippen molar-refractivity contribution in [1.82, 2.24) is 5.32 Å². The fourth-order valence-electron chi connectivity index (χ4n) is 2.54. The van der Waals surface area contributed by atoms with Gasteiger partial charge in [0.2, 0.25) is 0 Å². The zero-order valence-electron chi connectivity index (χ0n) is 15.5. The molecular formula is C19H37NO3. The number of carbonyl (C=O) groups excluding carboxylic acids is 2. The fraction of sp³-hybridized carbons (Fsp3) is 0.895. The molecule has 0 fully saturated rings. The zero-order valence-corrected chi connectivity index (χ0v) is 15.5. The van der Waals surface area contributed by atoms with E-state index in [0.29, 0.717) is 12.8 Å². The van der Waals surface area contributed by atoms with Crippen molar-refractivity contribution >= 4 is 11.8 Å². The van der Waals surface area contributed by atoms with Gasteiger partial charge in [-0.2, -0.15) is 0 Å². The molecule has 23 heavy (non-hydrogen) atoms. The van der Waals surface area contributed by atoms with E-state index in [4.69, 9.17) is 4.74 Å². The Bertz CT molecular complexity index is 305. The molecule has 4 heteroatoms. The fourth-order valence-corrected chi connectivity index (χ4v) is 2.54. The minimum absolute atomic E-state index is 0.153. The summed E-state index contributed by atoms with van der Waals surface area (Å²) in [6.07, 6.45) is 12.3. The summed E-state index contributed by atoms with van der Waals surface area (Å²) in [5, 5.41) is 2.97. The first-order chi connectivity index (χ1) is 11.2. The topological polar surface area (TPSA) is 55.4 Å². The van der Waals surface area contributed by atoms with Crippen molar-refractivity contribution in [2.24, 2.45) is 0 Å². The first-order valence-corrected chi connectivity index (χ1v) is 9.51. The predicted octanol–water partition coefficient (Wildman–Crippen LogP) is 4.41. The number of unbranched alkanes of at least 4 members (excludes halogenated alkanes) is 8. The van der Waals surface area contributed by atoms with Crippen LogP contribution in [0.3, 0.4) is 0 Å². The number of likely N-dealkylation sites (N-methyl/N-ethyl adjacent to an activating group) is 1. The Hall–Kier alpha value is -0.900. The van der Waals surface area contributed by atoms with Gasteiger partial charge in [-0.15, -0.1) is 0 Å². The average Bonchev–Trinajstić information content (AvgIpc) is 2.55. The van der Waals surface area contributed by atoms with Crippen molar-refractivity contribution < 1.29 is 14.3 Å². The van der Waals surface area contributed by atoms with Crippen LogP contribution in [0.1, 0.15) is 90.9 Å². The highest BCUT2D eigenvalue weighted by atomic mass is 16.5. The smallest absolute Gasteiger partial charge is 0.305 e. The molecule has 0 aliphatic carbocycles. The number of Topliss-reactive ketones (excluding diaryl/α,β-unsaturated/α-hetero) is 1. The molecule has 1 unspecified atom stereocenters. The summed E-state index contributed by atoms with van der Waals surface area (Å²) in [4.78, 5) is 23.8. The number of esters is 1. The number of carbonyl (C=O) groups is 2. The maximum atomic E-state index is 12.1. The highest BCUT2D eigenvalue weighted by molar-refractivity contribution is 5.84. The molecule has 136 valence electrons. The van der Waals surface area contributed by atoms with Gasteiger partial charge in [0.1, 0.15) is 12.6 Å². The molecule has 0 aromatic heterocycles. The van der Waals surface area contributed by atoms with E-state index in [-0.39, 0.29) is 24.4 Å². The van der Waals surface area contributed by atoms with Crippen LogP contribution in [0.4, 0.5) is 0 Å². The second-order valence-electron chi connectivity index (χ2n) is 6.32. The normalized spacial score (nSPS) is 12.1. The molecule has 0 aliphatic rings. The van der Waals surface area contributed by atoms with E-state index in [2.05, 4.69) is 19.2 Å². The van der Waals surface area contributed by atoms with Crippen molar-refractivity contribution in [3.8, 4) is 0 Å². The van der Waals surface area contributed by atoms with Crippen LogP contribution >= 0.6 is 0 Å². The number of ether oxygens (including phenoxy) is 1. The molecular weight excluding hydrogens is 290 g/mol. The molecule has 0 aromatic carbocycles. The first kappa shape index (κ1) is 22.1. The van der Waals surface area contributed by atoms with E-state index in [9.17, 15) is 9.59 Å². The summed E-state index contributed by atoms with van der Waals surface area (Å²) in [5.74, 6) is -0.0303. The van der Waals surface area contributed by atoms with Gasteiger partial charge in [-0.1, -0.05) is 65.2 Å². The van der Waals surface area contributed by atoms with Gasteiger partial charge in [0.15, 0.2) is 5.78 Å². The Kier molecular flexibility index (Phi) is 15.4. The summed E-state index contributed by atoms with van der Waals surface area (Å²) >= 11 is 0. The molecule has 4 nitrogen and oxygen atoms in total. The van der Waals surface area contributed by atoms with E-state index in [1.807, 2.05) is 0 Å². The summed E-state index contributed by atoms with van der Waals surface area (Å²) in [5.41, 5.74) is 0. The van der Waals surface area contributed by atoms with Gasteiger partial charge in [0.25, 0.3) is 0 Å². The Labute approximate surface area is 142 Å². The highest BCUT2D eigenvalue weighted by Gasteiger charge is 2.17. The molecule has 0 rings (SSSR count). The number of rotatable bonds is 16. The summed E-state index contributed by atoms with van der Waals surface area (Å²) < 4.78 is 5.25. The van der Waals surface area contributed by atoms with Crippen molar-refractivity contribution in [3.63, 3.8) is 0 Å². The second-order valence-corrected chi connectivity index (χ2v) is 6.32. The van der Waals surface area contributed by atoms with Crippen molar-refractivity contribution in [1.29, 1.82) is 0 Å². The lowest BCUT2D eigenvalue weighted by Crippen LogP contribution is -2.38. The van der Waals surface area contributed by atoms with Crippen LogP contribution in [-0.4, -0.2) is 31.4 Å². The molecule has 0 radical (unpaired) electrons. The molecule has 0 saturated carbocycles. The third-order valence-electron chi connectivity index (χ3n) is 4.16. The molecule has 0 aromatic rings. The summed E-state index contributed by atoms with van der Waals surface area (Å²) in [6.45, 7) is 4.52. The second kappa shape index (κ2) is 16.0. The summed E-state index contributed by atoms with van der Waals surface area (Å²) in [7, 11) is 1.75. The predicted molar refractivity (Wildman–Crippen MR) is 95.6 cm³/mol. The number of ketones is 1. The van der Waals surface area contributed by atoms with Gasteiger partial charge < -0.3 is 10.1 Å². The number of hydrogen-bond donors (Lipinski definition) is 1. The molecule has 0 heterocycles. The molecule has 0 amide bonds. The molecule has 0 aliphatic heterocycles. The van der Waals surface area contributed by atoms with Crippen LogP contribution in [0, 0.1) is 0 Å². The number of nitrogens with one attached hydrogen (secondary N) is 1. The first-order valence-electron chi connectivity index (χ1n) is 9.51. The lowest BCUT2D eigenvalue weighted by Gasteiger charge is -2.15. The Morgan fingerprint density at radius 2 is 1.35 bits per heavy atom. The molecule has 0 bridgehead atoms. The van der Waals surface area contributed by atoms with E-state index >= 15 is 0 Å². The Morgan fingerprint density at radius 3 is 1.87 bits per heavy atom. The van der Waals surface area contributed by atoms with Crippen molar-refractivity contribution in [3.05, 3.63) is 0 Å². The van der Waals surface area contributed by atoms with Crippen LogP contribution < -0.4 is 5.32 Å². The quantitative estimate of drug-likeness (QED) is 0.337. The van der Waals surface area contributed by atoms with E-state index in [1.165, 1.54) is 38.5 Å². The molecule has 0 saturated heterocycles. The third kappa shape index (κ3) is 13.3. The minimum atomic E-state index is -0.356. The Morgan fingerprint density at radius 1 is 0.826 bits per heavy atom. The van der Waals surface area contributed by atoms with Gasteiger partial charge >= 0.3 is 5.97 Å². The van der Waals surface area contributed by atoms with Gasteiger partial charge in [-0.3, -0.25) is 9.59 Å². The highest BCUT2D eigenvalue weighted by Crippen LogP contribution is 2.08. The largest absolute Gasteiger partial charge is 0.464 e. The summed E-state index contributed by atoms with van der Waals surface area (Å²) in [6, 6.07) is -0.356. The SMILES string of the molecule is CCCCCCCC(=O)OCC(NC)C(=O)CCCCCCC. The van der Waals surface area contributed by atoms with Crippen LogP contribution in [0.15, 0.2) is 0 Å². The van der Waals surface area contributed by atoms with Crippen LogP contribution in [0.25, 0.3) is 0 Å². The molecule has 1 N–H and O–H groups in total. The maximum absolute atomic E-state index is 12.1. The van der Waals surface area contributed by atoms with Gasteiger partial charge in [-0.05, 0) is 19.9 Å². The van der Waals surface area contributed by atoms with Gasteiger partial charge in [-0.25, -0.2) is 0 Å². The molecule has 0 spiro atoms. The van der Waals surface area contributed by atoms with Crippen molar-refractivity contribution in [2.45, 2.75) is 96.9 Å². The molecule has 1 atom stereocenters. The lowest BCUT2D eigenvalue weighted by molar-refractivity contribution is -0.145. The number of hydrogen-bond acceptors (Lipinski definition) is 4. The van der Waals surface area contributed by atoms with Gasteiger partial charge in [0.05, 0.1) is 0 Å². The monoisotopic (exact) mass is 327 g/mol.